The molecule has 35 heavy (non-hydrogen) atoms. The van der Waals surface area contributed by atoms with Gasteiger partial charge in [-0.1, -0.05) is 72.3 Å². The van der Waals surface area contributed by atoms with E-state index in [0.29, 0.717) is 14.9 Å². The van der Waals surface area contributed by atoms with Crippen LogP contribution >= 0.6 is 11.3 Å². The average Bonchev–Trinajstić information content (AvgIpc) is 3.17. The number of nitrogens with zero attached hydrogens (tertiary/aromatic N) is 2. The lowest BCUT2D eigenvalue weighted by molar-refractivity contribution is -0.116. The van der Waals surface area contributed by atoms with Gasteiger partial charge in [0.15, 0.2) is 5.57 Å². The standard InChI is InChI=1S/C29H25N3O2S/c1-19-14-15-23(20(2)16-19)17-26-28(34)32(24-12-8-5-9-13-24)29(35-26)25(18-30)27(33)31-21(3)22-10-6-4-7-11-22/h4-17,21H,1-3H3,(H,31,33)/b26-17-,29-25-. The molecule has 4 rings (SSSR count). The van der Waals surface area contributed by atoms with Gasteiger partial charge < -0.3 is 5.32 Å². The van der Waals surface area contributed by atoms with Crippen molar-refractivity contribution in [1.82, 2.24) is 9.88 Å². The monoisotopic (exact) mass is 479 g/mol. The molecular weight excluding hydrogens is 454 g/mol. The van der Waals surface area contributed by atoms with Crippen LogP contribution in [-0.4, -0.2) is 10.5 Å². The SMILES string of the molecule is Cc1ccc(/C=c2\s/c(=C(/C#N)C(=O)NC(C)c3ccccc3)n(-c3ccccc3)c2=O)c(C)c1. The van der Waals surface area contributed by atoms with Gasteiger partial charge in [0.2, 0.25) is 0 Å². The molecule has 4 aromatic rings. The van der Waals surface area contributed by atoms with E-state index in [1.165, 1.54) is 4.57 Å². The molecule has 6 heteroatoms. The predicted molar refractivity (Wildman–Crippen MR) is 141 cm³/mol. The van der Waals surface area contributed by atoms with Crippen molar-refractivity contribution < 1.29 is 4.79 Å². The third kappa shape index (κ3) is 5.16. The van der Waals surface area contributed by atoms with E-state index in [9.17, 15) is 14.9 Å². The fourth-order valence-electron chi connectivity index (χ4n) is 3.88. The van der Waals surface area contributed by atoms with Gasteiger partial charge in [0.25, 0.3) is 11.5 Å². The number of hydrogen-bond acceptors (Lipinski definition) is 4. The molecule has 1 amide bonds. The summed E-state index contributed by atoms with van der Waals surface area (Å²) in [6.45, 7) is 5.88. The highest BCUT2D eigenvalue weighted by atomic mass is 32.1. The van der Waals surface area contributed by atoms with E-state index in [2.05, 4.69) is 11.4 Å². The molecule has 1 unspecified atom stereocenters. The van der Waals surface area contributed by atoms with Gasteiger partial charge in [-0.25, -0.2) is 0 Å². The van der Waals surface area contributed by atoms with Gasteiger partial charge >= 0.3 is 0 Å². The molecule has 3 aromatic carbocycles. The van der Waals surface area contributed by atoms with Crippen LogP contribution in [0.5, 0.6) is 0 Å². The summed E-state index contributed by atoms with van der Waals surface area (Å²) in [4.78, 5) is 26.8. The molecule has 0 fully saturated rings. The maximum absolute atomic E-state index is 13.5. The second kappa shape index (κ2) is 10.4. The molecule has 1 aromatic heterocycles. The summed E-state index contributed by atoms with van der Waals surface area (Å²) in [7, 11) is 0. The van der Waals surface area contributed by atoms with E-state index in [0.717, 1.165) is 33.6 Å². The van der Waals surface area contributed by atoms with E-state index in [4.69, 9.17) is 0 Å². The minimum Gasteiger partial charge on any atom is -0.345 e. The number of hydrogen-bond donors (Lipinski definition) is 1. The summed E-state index contributed by atoms with van der Waals surface area (Å²) in [5.74, 6) is -0.521. The number of carbonyl (C=O) groups is 1. The van der Waals surface area contributed by atoms with Crippen LogP contribution in [0.25, 0.3) is 17.3 Å². The topological polar surface area (TPSA) is 74.9 Å². The lowest BCUT2D eigenvalue weighted by Crippen LogP contribution is -2.34. The molecule has 1 atom stereocenters. The van der Waals surface area contributed by atoms with Crippen LogP contribution in [-0.2, 0) is 4.79 Å². The minimum atomic E-state index is -0.521. The molecule has 0 aliphatic rings. The van der Waals surface area contributed by atoms with Gasteiger partial charge in [0.05, 0.1) is 16.3 Å². The molecule has 0 radical (unpaired) electrons. The minimum absolute atomic E-state index is 0.0981. The van der Waals surface area contributed by atoms with Crippen molar-refractivity contribution in [3.05, 3.63) is 121 Å². The van der Waals surface area contributed by atoms with Gasteiger partial charge in [-0.2, -0.15) is 5.26 Å². The highest BCUT2D eigenvalue weighted by Gasteiger charge is 2.19. The maximum atomic E-state index is 13.5. The fourth-order valence-corrected chi connectivity index (χ4v) is 4.97. The number of aryl methyl sites for hydroxylation is 2. The summed E-state index contributed by atoms with van der Waals surface area (Å²) in [5, 5.41) is 12.9. The summed E-state index contributed by atoms with van der Waals surface area (Å²) in [6.07, 6.45) is 1.82. The zero-order chi connectivity index (χ0) is 24.9. The lowest BCUT2D eigenvalue weighted by atomic mass is 10.1. The normalized spacial score (nSPS) is 13.1. The molecule has 0 spiro atoms. The smallest absolute Gasteiger partial charge is 0.273 e. The van der Waals surface area contributed by atoms with Crippen LogP contribution < -0.4 is 20.1 Å². The molecular formula is C29H25N3O2S. The van der Waals surface area contributed by atoms with Gasteiger partial charge in [-0.15, -0.1) is 11.3 Å². The average molecular weight is 480 g/mol. The summed E-state index contributed by atoms with van der Waals surface area (Å²) in [5.41, 5.74) is 4.25. The zero-order valence-corrected chi connectivity index (χ0v) is 20.6. The third-order valence-corrected chi connectivity index (χ3v) is 6.84. The molecule has 0 aliphatic heterocycles. The summed E-state index contributed by atoms with van der Waals surface area (Å²) in [6, 6.07) is 26.4. The van der Waals surface area contributed by atoms with Crippen LogP contribution in [0.15, 0.2) is 83.7 Å². The lowest BCUT2D eigenvalue weighted by Gasteiger charge is -2.13. The molecule has 174 valence electrons. The van der Waals surface area contributed by atoms with E-state index in [1.807, 2.05) is 93.6 Å². The number of nitrogens with one attached hydrogen (secondary N) is 1. The van der Waals surface area contributed by atoms with Crippen molar-refractivity contribution in [1.29, 1.82) is 5.26 Å². The first-order valence-electron chi connectivity index (χ1n) is 11.3. The zero-order valence-electron chi connectivity index (χ0n) is 19.8. The van der Waals surface area contributed by atoms with Crippen molar-refractivity contribution in [3.63, 3.8) is 0 Å². The van der Waals surface area contributed by atoms with Gasteiger partial charge in [0.1, 0.15) is 10.7 Å². The van der Waals surface area contributed by atoms with E-state index < -0.39 is 5.91 Å². The Hall–Kier alpha value is -4.21. The van der Waals surface area contributed by atoms with Crippen molar-refractivity contribution in [3.8, 4) is 11.8 Å². The van der Waals surface area contributed by atoms with Gasteiger partial charge in [-0.05, 0) is 55.7 Å². The fraction of sp³-hybridized carbons (Fsp3) is 0.138. The van der Waals surface area contributed by atoms with Crippen molar-refractivity contribution in [2.75, 3.05) is 0 Å². The Morgan fingerprint density at radius 2 is 1.69 bits per heavy atom. The van der Waals surface area contributed by atoms with Crippen molar-refractivity contribution in [2.24, 2.45) is 0 Å². The second-order valence-corrected chi connectivity index (χ2v) is 9.38. The molecule has 0 saturated carbocycles. The molecule has 0 aliphatic carbocycles. The van der Waals surface area contributed by atoms with Crippen LogP contribution in [0.2, 0.25) is 0 Å². The van der Waals surface area contributed by atoms with Crippen LogP contribution in [0.4, 0.5) is 0 Å². The quantitative estimate of drug-likeness (QED) is 0.472. The van der Waals surface area contributed by atoms with Crippen LogP contribution in [0, 0.1) is 25.2 Å². The highest BCUT2D eigenvalue weighted by molar-refractivity contribution is 7.07. The Balaban J connectivity index is 1.91. The first-order chi connectivity index (χ1) is 16.9. The van der Waals surface area contributed by atoms with E-state index in [-0.39, 0.29) is 17.2 Å². The summed E-state index contributed by atoms with van der Waals surface area (Å²) < 4.78 is 2.20. The first-order valence-corrected chi connectivity index (χ1v) is 12.1. The second-order valence-electron chi connectivity index (χ2n) is 8.34. The Morgan fingerprint density at radius 3 is 2.31 bits per heavy atom. The van der Waals surface area contributed by atoms with Gasteiger partial charge in [-0.3, -0.25) is 14.2 Å². The van der Waals surface area contributed by atoms with Crippen LogP contribution in [0.3, 0.4) is 0 Å². The predicted octanol–water partition coefficient (Wildman–Crippen LogP) is 3.90. The maximum Gasteiger partial charge on any atom is 0.273 e. The number of aromatic nitrogens is 1. The number of amides is 1. The molecule has 0 saturated heterocycles. The molecule has 1 heterocycles. The third-order valence-electron chi connectivity index (χ3n) is 5.75. The van der Waals surface area contributed by atoms with Crippen molar-refractivity contribution >= 4 is 28.9 Å². The number of thiazole rings is 1. The Bertz CT molecular complexity index is 1590. The number of carbonyl (C=O) groups excluding carboxylic acids is 1. The number of benzene rings is 3. The Labute approximate surface area is 207 Å². The first kappa shape index (κ1) is 23.9. The van der Waals surface area contributed by atoms with Gasteiger partial charge in [0, 0.05) is 0 Å². The molecule has 1 N–H and O–H groups in total. The summed E-state index contributed by atoms with van der Waals surface area (Å²) >= 11 is 1.15. The Morgan fingerprint density at radius 1 is 1.03 bits per heavy atom. The van der Waals surface area contributed by atoms with E-state index >= 15 is 0 Å². The molecule has 5 nitrogen and oxygen atoms in total. The van der Waals surface area contributed by atoms with E-state index in [1.54, 1.807) is 12.1 Å². The Kier molecular flexibility index (Phi) is 7.09. The van der Waals surface area contributed by atoms with Crippen molar-refractivity contribution in [2.45, 2.75) is 26.8 Å². The number of rotatable bonds is 5. The molecule has 0 bridgehead atoms. The number of para-hydroxylation sites is 1. The highest BCUT2D eigenvalue weighted by Crippen LogP contribution is 2.13. The number of nitriles is 1. The van der Waals surface area contributed by atoms with Crippen LogP contribution in [0.1, 0.15) is 35.2 Å². The largest absolute Gasteiger partial charge is 0.345 e.